The van der Waals surface area contributed by atoms with Crippen LogP contribution in [0.4, 0.5) is 0 Å². The van der Waals surface area contributed by atoms with E-state index in [9.17, 15) is 9.90 Å². The Labute approximate surface area is 102 Å². The third-order valence-electron chi connectivity index (χ3n) is 3.86. The zero-order valence-corrected chi connectivity index (χ0v) is 10.7. The highest BCUT2D eigenvalue weighted by Gasteiger charge is 2.61. The highest BCUT2D eigenvalue weighted by atomic mass is 16.4. The molecule has 94 valence electrons. The van der Waals surface area contributed by atoms with Crippen LogP contribution >= 0.6 is 0 Å². The lowest BCUT2D eigenvalue weighted by molar-refractivity contribution is -0.143. The minimum absolute atomic E-state index is 0.118. The number of unbranched alkanes of at least 4 members (excludes halogenated alkanes) is 1. The highest BCUT2D eigenvalue weighted by Crippen LogP contribution is 2.62. The average Bonchev–Trinajstić information content (AvgIpc) is 2.90. The molecule has 1 N–H and O–H groups in total. The summed E-state index contributed by atoms with van der Waals surface area (Å²) >= 11 is 0. The van der Waals surface area contributed by atoms with Crippen LogP contribution in [0.2, 0.25) is 0 Å². The molecule has 2 atom stereocenters. The minimum atomic E-state index is -0.652. The van der Waals surface area contributed by atoms with Crippen LogP contribution in [0.25, 0.3) is 0 Å². The first kappa shape index (κ1) is 12.1. The molecule has 4 heteroatoms. The van der Waals surface area contributed by atoms with E-state index in [0.717, 1.165) is 36.9 Å². The monoisotopic (exact) mass is 236 g/mol. The largest absolute Gasteiger partial charge is 0.481 e. The molecule has 1 heterocycles. The van der Waals surface area contributed by atoms with Crippen LogP contribution in [0.15, 0.2) is 6.20 Å². The number of carboxylic acids is 1. The van der Waals surface area contributed by atoms with Crippen molar-refractivity contribution in [2.24, 2.45) is 12.5 Å². The number of aliphatic carboxylic acids is 1. The predicted molar refractivity (Wildman–Crippen MR) is 64.9 cm³/mol. The third-order valence-corrected chi connectivity index (χ3v) is 3.86. The van der Waals surface area contributed by atoms with Gasteiger partial charge in [0, 0.05) is 19.2 Å². The van der Waals surface area contributed by atoms with Crippen LogP contribution in [0.1, 0.15) is 49.8 Å². The summed E-state index contributed by atoms with van der Waals surface area (Å²) in [6.45, 7) is 4.10. The number of nitrogens with zero attached hydrogens (tertiary/aromatic N) is 2. The van der Waals surface area contributed by atoms with E-state index in [-0.39, 0.29) is 5.92 Å². The van der Waals surface area contributed by atoms with E-state index in [1.807, 2.05) is 20.2 Å². The van der Waals surface area contributed by atoms with Crippen molar-refractivity contribution >= 4 is 5.97 Å². The maximum absolute atomic E-state index is 11.5. The normalized spacial score (nSPS) is 27.1. The number of hydrogen-bond acceptors (Lipinski definition) is 2. The van der Waals surface area contributed by atoms with Gasteiger partial charge in [-0.15, -0.1) is 0 Å². The Morgan fingerprint density at radius 1 is 1.71 bits per heavy atom. The molecule has 0 spiro atoms. The number of rotatable bonds is 5. The van der Waals surface area contributed by atoms with E-state index in [0.29, 0.717) is 0 Å². The van der Waals surface area contributed by atoms with E-state index in [2.05, 4.69) is 12.0 Å². The average molecular weight is 236 g/mol. The van der Waals surface area contributed by atoms with Gasteiger partial charge < -0.3 is 5.11 Å². The Hall–Kier alpha value is -1.32. The first-order valence-corrected chi connectivity index (χ1v) is 6.25. The summed E-state index contributed by atoms with van der Waals surface area (Å²) in [5.41, 5.74) is 1.55. The predicted octanol–water partition coefficient (Wildman–Crippen LogP) is 2.48. The Kier molecular flexibility index (Phi) is 2.98. The summed E-state index contributed by atoms with van der Waals surface area (Å²) in [5.74, 6) is -0.534. The Bertz CT molecular complexity index is 439. The molecule has 0 aliphatic heterocycles. The zero-order valence-electron chi connectivity index (χ0n) is 10.7. The van der Waals surface area contributed by atoms with Gasteiger partial charge in [0.2, 0.25) is 0 Å². The molecule has 0 amide bonds. The quantitative estimate of drug-likeness (QED) is 0.854. The fourth-order valence-corrected chi connectivity index (χ4v) is 2.74. The van der Waals surface area contributed by atoms with Crippen molar-refractivity contribution in [1.82, 2.24) is 9.78 Å². The molecule has 1 aromatic heterocycles. The van der Waals surface area contributed by atoms with E-state index in [4.69, 9.17) is 0 Å². The molecule has 2 rings (SSSR count). The second-order valence-electron chi connectivity index (χ2n) is 5.19. The van der Waals surface area contributed by atoms with Crippen molar-refractivity contribution in [3.63, 3.8) is 0 Å². The van der Waals surface area contributed by atoms with Crippen LogP contribution in [-0.4, -0.2) is 20.9 Å². The van der Waals surface area contributed by atoms with Gasteiger partial charge in [-0.25, -0.2) is 0 Å². The summed E-state index contributed by atoms with van der Waals surface area (Å²) in [5, 5.41) is 13.8. The van der Waals surface area contributed by atoms with Gasteiger partial charge in [-0.3, -0.25) is 9.48 Å². The Morgan fingerprint density at radius 3 is 2.88 bits per heavy atom. The number of hydrogen-bond donors (Lipinski definition) is 1. The molecule has 1 aromatic rings. The van der Waals surface area contributed by atoms with Crippen molar-refractivity contribution in [1.29, 1.82) is 0 Å². The molecule has 17 heavy (non-hydrogen) atoms. The molecular formula is C13H20N2O2. The van der Waals surface area contributed by atoms with E-state index >= 15 is 0 Å². The van der Waals surface area contributed by atoms with Crippen molar-refractivity contribution in [2.45, 2.75) is 45.4 Å². The Morgan fingerprint density at radius 2 is 2.41 bits per heavy atom. The number of aromatic nitrogens is 2. The van der Waals surface area contributed by atoms with Crippen LogP contribution in [0.3, 0.4) is 0 Å². The second kappa shape index (κ2) is 4.17. The van der Waals surface area contributed by atoms with Gasteiger partial charge in [-0.2, -0.15) is 5.10 Å². The summed E-state index contributed by atoms with van der Waals surface area (Å²) in [6.07, 6.45) is 5.51. The summed E-state index contributed by atoms with van der Waals surface area (Å²) in [6, 6.07) is 0. The lowest BCUT2D eigenvalue weighted by Gasteiger charge is -2.10. The van der Waals surface area contributed by atoms with E-state index < -0.39 is 11.4 Å². The molecule has 2 unspecified atom stereocenters. The summed E-state index contributed by atoms with van der Waals surface area (Å²) in [7, 11) is 1.88. The number of carboxylic acid groups (broad SMARTS) is 1. The first-order valence-electron chi connectivity index (χ1n) is 6.25. The first-order chi connectivity index (χ1) is 8.01. The minimum Gasteiger partial charge on any atom is -0.481 e. The highest BCUT2D eigenvalue weighted by molar-refractivity contribution is 5.80. The number of aryl methyl sites for hydroxylation is 2. The van der Waals surface area contributed by atoms with Gasteiger partial charge in [0.1, 0.15) is 0 Å². The summed E-state index contributed by atoms with van der Waals surface area (Å²) < 4.78 is 1.77. The van der Waals surface area contributed by atoms with Gasteiger partial charge in [-0.1, -0.05) is 19.8 Å². The lowest BCUT2D eigenvalue weighted by Crippen LogP contribution is -2.17. The molecule has 0 aromatic carbocycles. The third kappa shape index (κ3) is 1.96. The number of carbonyl (C=O) groups is 1. The van der Waals surface area contributed by atoms with Gasteiger partial charge in [0.25, 0.3) is 0 Å². The molecule has 1 saturated carbocycles. The Balaban J connectivity index is 2.20. The van der Waals surface area contributed by atoms with Crippen LogP contribution in [0, 0.1) is 12.3 Å². The maximum Gasteiger partial charge on any atom is 0.310 e. The van der Waals surface area contributed by atoms with Crippen LogP contribution in [0.5, 0.6) is 0 Å². The van der Waals surface area contributed by atoms with E-state index in [1.54, 1.807) is 4.68 Å². The van der Waals surface area contributed by atoms with E-state index in [1.165, 1.54) is 0 Å². The maximum atomic E-state index is 11.5. The molecule has 4 nitrogen and oxygen atoms in total. The fourth-order valence-electron chi connectivity index (χ4n) is 2.74. The smallest absolute Gasteiger partial charge is 0.310 e. The van der Waals surface area contributed by atoms with Crippen LogP contribution < -0.4 is 0 Å². The molecule has 1 aliphatic carbocycles. The van der Waals surface area contributed by atoms with Gasteiger partial charge in [-0.05, 0) is 25.3 Å². The molecular weight excluding hydrogens is 216 g/mol. The fraction of sp³-hybridized carbons (Fsp3) is 0.692. The molecule has 0 radical (unpaired) electrons. The standard InChI is InChI=1S/C13H20N2O2/c1-4-5-6-13(12(16)17)7-10(13)11-9(2)8-15(3)14-11/h8,10H,4-7H2,1-3H3,(H,16,17). The van der Waals surface area contributed by atoms with Crippen molar-refractivity contribution in [3.05, 3.63) is 17.5 Å². The molecule has 1 aliphatic rings. The zero-order chi connectivity index (χ0) is 12.6. The molecule has 0 bridgehead atoms. The SMILES string of the molecule is CCCCC1(C(=O)O)CC1c1nn(C)cc1C. The molecule has 0 saturated heterocycles. The van der Waals surface area contributed by atoms with Gasteiger partial charge >= 0.3 is 5.97 Å². The molecule has 1 fully saturated rings. The van der Waals surface area contributed by atoms with Crippen molar-refractivity contribution < 1.29 is 9.90 Å². The summed E-state index contributed by atoms with van der Waals surface area (Å²) in [4.78, 5) is 11.5. The van der Waals surface area contributed by atoms with Gasteiger partial charge in [0.15, 0.2) is 0 Å². The van der Waals surface area contributed by atoms with Gasteiger partial charge in [0.05, 0.1) is 11.1 Å². The van der Waals surface area contributed by atoms with Crippen molar-refractivity contribution in [2.75, 3.05) is 0 Å². The topological polar surface area (TPSA) is 55.1 Å². The second-order valence-corrected chi connectivity index (χ2v) is 5.19. The van der Waals surface area contributed by atoms with Crippen LogP contribution in [-0.2, 0) is 11.8 Å². The van der Waals surface area contributed by atoms with Crippen molar-refractivity contribution in [3.8, 4) is 0 Å². The lowest BCUT2D eigenvalue weighted by atomic mass is 9.94.